The first-order valence-corrected chi connectivity index (χ1v) is 6.33. The minimum Gasteiger partial charge on any atom is -0.444 e. The summed E-state index contributed by atoms with van der Waals surface area (Å²) in [7, 11) is 0. The normalized spacial score (nSPS) is 10.3. The number of nitrogens with one attached hydrogen (secondary N) is 1. The van der Waals surface area contributed by atoms with Crippen LogP contribution in [0.25, 0.3) is 0 Å². The van der Waals surface area contributed by atoms with Crippen LogP contribution in [-0.2, 0) is 0 Å². The van der Waals surface area contributed by atoms with E-state index in [-0.39, 0.29) is 11.7 Å². The zero-order valence-electron chi connectivity index (χ0n) is 8.83. The maximum atomic E-state index is 11.8. The minimum atomic E-state index is -0.306. The number of amides is 1. The van der Waals surface area contributed by atoms with Crippen molar-refractivity contribution in [3.8, 4) is 0 Å². The van der Waals surface area contributed by atoms with Gasteiger partial charge in [-0.15, -0.1) is 0 Å². The molecule has 2 heterocycles. The molecule has 0 atom stereocenters. The van der Waals surface area contributed by atoms with Gasteiger partial charge >= 0.3 is 0 Å². The Bertz CT molecular complexity index is 566. The molecule has 0 aliphatic heterocycles. The molecule has 2 aromatic heterocycles. The standard InChI is InChI=1S/C11H8Br2N2O2/c1-6-4-7(5-14-10(6)13)15-11(16)8-2-3-9(12)17-8/h2-5H,1H3,(H,15,16). The first kappa shape index (κ1) is 12.3. The van der Waals surface area contributed by atoms with Crippen molar-refractivity contribution in [2.45, 2.75) is 6.92 Å². The van der Waals surface area contributed by atoms with E-state index >= 15 is 0 Å². The molecule has 1 N–H and O–H groups in total. The smallest absolute Gasteiger partial charge is 0.291 e. The molecule has 0 aliphatic rings. The number of hydrogen-bond donors (Lipinski definition) is 1. The van der Waals surface area contributed by atoms with Crippen LogP contribution in [0, 0.1) is 6.92 Å². The Hall–Kier alpha value is -1.14. The van der Waals surface area contributed by atoms with E-state index in [1.54, 1.807) is 18.3 Å². The van der Waals surface area contributed by atoms with Gasteiger partial charge in [0.05, 0.1) is 11.9 Å². The van der Waals surface area contributed by atoms with E-state index in [9.17, 15) is 4.79 Å². The fourth-order valence-electron chi connectivity index (χ4n) is 1.26. The first-order valence-electron chi connectivity index (χ1n) is 4.75. The lowest BCUT2D eigenvalue weighted by molar-refractivity contribution is 0.0995. The van der Waals surface area contributed by atoms with E-state index in [2.05, 4.69) is 42.2 Å². The van der Waals surface area contributed by atoms with Crippen molar-refractivity contribution in [2.75, 3.05) is 5.32 Å². The van der Waals surface area contributed by atoms with Crippen molar-refractivity contribution in [1.29, 1.82) is 0 Å². The van der Waals surface area contributed by atoms with Gasteiger partial charge in [-0.1, -0.05) is 0 Å². The highest BCUT2D eigenvalue weighted by atomic mass is 79.9. The average molecular weight is 360 g/mol. The molecule has 2 aromatic rings. The largest absolute Gasteiger partial charge is 0.444 e. The summed E-state index contributed by atoms with van der Waals surface area (Å²) < 4.78 is 6.43. The van der Waals surface area contributed by atoms with Crippen LogP contribution in [0.15, 0.2) is 38.1 Å². The number of rotatable bonds is 2. The van der Waals surface area contributed by atoms with Crippen LogP contribution in [0.5, 0.6) is 0 Å². The monoisotopic (exact) mass is 358 g/mol. The van der Waals surface area contributed by atoms with Crippen LogP contribution < -0.4 is 5.32 Å². The minimum absolute atomic E-state index is 0.248. The Morgan fingerprint density at radius 1 is 1.41 bits per heavy atom. The number of carbonyl (C=O) groups is 1. The van der Waals surface area contributed by atoms with Crippen molar-refractivity contribution >= 4 is 43.5 Å². The predicted molar refractivity (Wildman–Crippen MR) is 71.0 cm³/mol. The van der Waals surface area contributed by atoms with Crippen LogP contribution in [0.4, 0.5) is 5.69 Å². The Kier molecular flexibility index (Phi) is 3.63. The average Bonchev–Trinajstić information content (AvgIpc) is 2.70. The Labute approximate surface area is 115 Å². The number of hydrogen-bond acceptors (Lipinski definition) is 3. The predicted octanol–water partition coefficient (Wildman–Crippen LogP) is 3.76. The summed E-state index contributed by atoms with van der Waals surface area (Å²) in [6.07, 6.45) is 1.58. The molecule has 88 valence electrons. The van der Waals surface area contributed by atoms with Gasteiger partial charge in [0.1, 0.15) is 4.60 Å². The molecule has 0 fully saturated rings. The molecule has 0 unspecified atom stereocenters. The third kappa shape index (κ3) is 2.95. The topological polar surface area (TPSA) is 55.1 Å². The summed E-state index contributed by atoms with van der Waals surface area (Å²) >= 11 is 6.44. The Morgan fingerprint density at radius 2 is 2.18 bits per heavy atom. The van der Waals surface area contributed by atoms with Crippen molar-refractivity contribution in [1.82, 2.24) is 4.98 Å². The molecule has 0 bridgehead atoms. The molecule has 0 spiro atoms. The van der Waals surface area contributed by atoms with E-state index in [1.165, 1.54) is 0 Å². The summed E-state index contributed by atoms with van der Waals surface area (Å²) in [5.74, 6) is -0.0586. The molecule has 4 nitrogen and oxygen atoms in total. The molecule has 0 aliphatic carbocycles. The van der Waals surface area contributed by atoms with Crippen molar-refractivity contribution in [2.24, 2.45) is 0 Å². The molecule has 1 amide bonds. The fraction of sp³-hybridized carbons (Fsp3) is 0.0909. The van der Waals surface area contributed by atoms with E-state index in [0.29, 0.717) is 10.4 Å². The summed E-state index contributed by atoms with van der Waals surface area (Å²) in [6, 6.07) is 5.09. The summed E-state index contributed by atoms with van der Waals surface area (Å²) in [4.78, 5) is 15.9. The lowest BCUT2D eigenvalue weighted by Crippen LogP contribution is -2.11. The van der Waals surface area contributed by atoms with E-state index in [0.717, 1.165) is 10.2 Å². The highest BCUT2D eigenvalue weighted by Crippen LogP contribution is 2.19. The maximum absolute atomic E-state index is 11.8. The van der Waals surface area contributed by atoms with Gasteiger partial charge in [-0.05, 0) is 62.5 Å². The van der Waals surface area contributed by atoms with Gasteiger partial charge < -0.3 is 9.73 Å². The lowest BCUT2D eigenvalue weighted by atomic mass is 10.3. The van der Waals surface area contributed by atoms with Crippen LogP contribution in [0.3, 0.4) is 0 Å². The summed E-state index contributed by atoms with van der Waals surface area (Å²) in [5, 5.41) is 2.70. The number of carbonyl (C=O) groups excluding carboxylic acids is 1. The van der Waals surface area contributed by atoms with Crippen molar-refractivity contribution < 1.29 is 9.21 Å². The molecule has 0 aromatic carbocycles. The van der Waals surface area contributed by atoms with Crippen molar-refractivity contribution in [3.63, 3.8) is 0 Å². The van der Waals surface area contributed by atoms with E-state index < -0.39 is 0 Å². The third-order valence-corrected chi connectivity index (χ3v) is 3.33. The summed E-state index contributed by atoms with van der Waals surface area (Å²) in [6.45, 7) is 1.90. The fourth-order valence-corrected chi connectivity index (χ4v) is 1.78. The lowest BCUT2D eigenvalue weighted by Gasteiger charge is -2.04. The van der Waals surface area contributed by atoms with Crippen LogP contribution >= 0.6 is 31.9 Å². The third-order valence-electron chi connectivity index (χ3n) is 2.07. The maximum Gasteiger partial charge on any atom is 0.291 e. The molecular formula is C11H8Br2N2O2. The number of nitrogens with zero attached hydrogens (tertiary/aromatic N) is 1. The van der Waals surface area contributed by atoms with E-state index in [4.69, 9.17) is 4.42 Å². The van der Waals surface area contributed by atoms with Crippen LogP contribution in [0.2, 0.25) is 0 Å². The number of anilines is 1. The van der Waals surface area contributed by atoms with Gasteiger partial charge in [-0.2, -0.15) is 0 Å². The zero-order valence-corrected chi connectivity index (χ0v) is 12.0. The number of furan rings is 1. The highest BCUT2D eigenvalue weighted by Gasteiger charge is 2.11. The Morgan fingerprint density at radius 3 is 2.76 bits per heavy atom. The van der Waals surface area contributed by atoms with E-state index in [1.807, 2.05) is 13.0 Å². The first-order chi connectivity index (χ1) is 8.06. The molecule has 0 saturated heterocycles. The van der Waals surface area contributed by atoms with Crippen LogP contribution in [-0.4, -0.2) is 10.9 Å². The number of halogens is 2. The van der Waals surface area contributed by atoms with Gasteiger partial charge in [0.15, 0.2) is 10.4 Å². The second kappa shape index (κ2) is 5.01. The van der Waals surface area contributed by atoms with Gasteiger partial charge in [-0.3, -0.25) is 4.79 Å². The quantitative estimate of drug-likeness (QED) is 0.830. The van der Waals surface area contributed by atoms with Gasteiger partial charge in [0.25, 0.3) is 5.91 Å². The zero-order chi connectivity index (χ0) is 12.4. The second-order valence-corrected chi connectivity index (χ2v) is 4.92. The van der Waals surface area contributed by atoms with Gasteiger partial charge in [0.2, 0.25) is 0 Å². The number of aromatic nitrogens is 1. The second-order valence-electron chi connectivity index (χ2n) is 3.39. The van der Waals surface area contributed by atoms with Gasteiger partial charge in [0, 0.05) is 0 Å². The summed E-state index contributed by atoms with van der Waals surface area (Å²) in [5.41, 5.74) is 1.58. The van der Waals surface area contributed by atoms with Crippen molar-refractivity contribution in [3.05, 3.63) is 45.0 Å². The molecule has 17 heavy (non-hydrogen) atoms. The Balaban J connectivity index is 2.15. The highest BCUT2D eigenvalue weighted by molar-refractivity contribution is 9.10. The molecule has 6 heteroatoms. The van der Waals surface area contributed by atoms with Gasteiger partial charge in [-0.25, -0.2) is 4.98 Å². The molecular weight excluding hydrogens is 352 g/mol. The SMILES string of the molecule is Cc1cc(NC(=O)c2ccc(Br)o2)cnc1Br. The number of pyridine rings is 1. The molecule has 0 radical (unpaired) electrons. The number of aryl methyl sites for hydroxylation is 1. The molecule has 0 saturated carbocycles. The van der Waals surface area contributed by atoms with Crippen LogP contribution in [0.1, 0.15) is 16.1 Å². The molecule has 2 rings (SSSR count).